The summed E-state index contributed by atoms with van der Waals surface area (Å²) >= 11 is 0. The Bertz CT molecular complexity index is 322. The summed E-state index contributed by atoms with van der Waals surface area (Å²) in [6.45, 7) is 1.59. The highest BCUT2D eigenvalue weighted by molar-refractivity contribution is 5.66. The van der Waals surface area contributed by atoms with Gasteiger partial charge in [-0.15, -0.1) is 0 Å². The van der Waals surface area contributed by atoms with Gasteiger partial charge in [0.15, 0.2) is 0 Å². The minimum atomic E-state index is -0.732. The van der Waals surface area contributed by atoms with Crippen molar-refractivity contribution in [2.75, 3.05) is 13.6 Å². The summed E-state index contributed by atoms with van der Waals surface area (Å²) in [5.74, 6) is -0.732. The molecule has 0 amide bonds. The maximum absolute atomic E-state index is 10.3. The molecule has 0 aliphatic rings. The monoisotopic (exact) mass is 211 g/mol. The van der Waals surface area contributed by atoms with Crippen LogP contribution >= 0.6 is 0 Å². The molecule has 1 rings (SSSR count). The molecular weight excluding hydrogens is 194 g/mol. The fourth-order valence-electron chi connectivity index (χ4n) is 1.39. The van der Waals surface area contributed by atoms with Crippen molar-refractivity contribution in [1.29, 1.82) is 0 Å². The van der Waals surface area contributed by atoms with E-state index in [1.54, 1.807) is 6.33 Å². The summed E-state index contributed by atoms with van der Waals surface area (Å²) in [6.07, 6.45) is 4.51. The molecule has 0 saturated carbocycles. The lowest BCUT2D eigenvalue weighted by Crippen LogP contribution is -2.21. The smallest absolute Gasteiger partial charge is 0.303 e. The molecule has 5 heteroatoms. The SMILES string of the molecule is CN(CCCC(=O)O)Cc1cncn1C. The third kappa shape index (κ3) is 4.12. The third-order valence-corrected chi connectivity index (χ3v) is 2.28. The molecule has 0 saturated heterocycles. The molecule has 1 N–H and O–H groups in total. The molecule has 5 nitrogen and oxygen atoms in total. The van der Waals surface area contributed by atoms with Gasteiger partial charge in [-0.1, -0.05) is 0 Å². The van der Waals surface area contributed by atoms with Crippen molar-refractivity contribution in [3.05, 3.63) is 18.2 Å². The molecule has 0 spiro atoms. The van der Waals surface area contributed by atoms with Crippen molar-refractivity contribution in [1.82, 2.24) is 14.5 Å². The second kappa shape index (κ2) is 5.50. The van der Waals surface area contributed by atoms with Crippen LogP contribution in [0.1, 0.15) is 18.5 Å². The Morgan fingerprint density at radius 2 is 2.40 bits per heavy atom. The van der Waals surface area contributed by atoms with Gasteiger partial charge in [0.25, 0.3) is 0 Å². The Labute approximate surface area is 89.3 Å². The number of carbonyl (C=O) groups is 1. The lowest BCUT2D eigenvalue weighted by atomic mass is 10.3. The van der Waals surface area contributed by atoms with Crippen molar-refractivity contribution < 1.29 is 9.90 Å². The fraction of sp³-hybridized carbons (Fsp3) is 0.600. The first-order valence-electron chi connectivity index (χ1n) is 4.95. The van der Waals surface area contributed by atoms with Gasteiger partial charge in [0.05, 0.1) is 12.0 Å². The summed E-state index contributed by atoms with van der Waals surface area (Å²) in [5.41, 5.74) is 1.13. The van der Waals surface area contributed by atoms with E-state index in [9.17, 15) is 4.79 Å². The van der Waals surface area contributed by atoms with Crippen molar-refractivity contribution in [3.8, 4) is 0 Å². The van der Waals surface area contributed by atoms with E-state index in [-0.39, 0.29) is 6.42 Å². The second-order valence-electron chi connectivity index (χ2n) is 3.73. The van der Waals surface area contributed by atoms with E-state index < -0.39 is 5.97 Å². The number of carboxylic acid groups (broad SMARTS) is 1. The number of nitrogens with zero attached hydrogens (tertiary/aromatic N) is 3. The summed E-state index contributed by atoms with van der Waals surface area (Å²) in [4.78, 5) is 16.4. The van der Waals surface area contributed by atoms with Crippen molar-refractivity contribution in [2.45, 2.75) is 19.4 Å². The highest BCUT2D eigenvalue weighted by Crippen LogP contribution is 2.02. The van der Waals surface area contributed by atoms with E-state index in [0.717, 1.165) is 18.8 Å². The van der Waals surface area contributed by atoms with Gasteiger partial charge in [-0.05, 0) is 20.0 Å². The number of hydrogen-bond donors (Lipinski definition) is 1. The zero-order valence-electron chi connectivity index (χ0n) is 9.18. The maximum atomic E-state index is 10.3. The van der Waals surface area contributed by atoms with Gasteiger partial charge in [-0.2, -0.15) is 0 Å². The van der Waals surface area contributed by atoms with E-state index in [1.165, 1.54) is 0 Å². The molecule has 0 aliphatic carbocycles. The Kier molecular flexibility index (Phi) is 4.30. The fourth-order valence-corrected chi connectivity index (χ4v) is 1.39. The molecule has 0 unspecified atom stereocenters. The number of aliphatic carboxylic acids is 1. The second-order valence-corrected chi connectivity index (χ2v) is 3.73. The van der Waals surface area contributed by atoms with Crippen LogP contribution < -0.4 is 0 Å². The van der Waals surface area contributed by atoms with Gasteiger partial charge in [0, 0.05) is 26.2 Å². The van der Waals surface area contributed by atoms with Gasteiger partial charge < -0.3 is 14.6 Å². The molecule has 1 heterocycles. The van der Waals surface area contributed by atoms with E-state index in [1.807, 2.05) is 24.9 Å². The van der Waals surface area contributed by atoms with Crippen LogP contribution in [0.4, 0.5) is 0 Å². The first-order valence-corrected chi connectivity index (χ1v) is 4.95. The molecule has 0 radical (unpaired) electrons. The molecule has 0 aliphatic heterocycles. The van der Waals surface area contributed by atoms with Gasteiger partial charge >= 0.3 is 5.97 Å². The molecule has 0 fully saturated rings. The predicted octanol–water partition coefficient (Wildman–Crippen LogP) is 0.717. The summed E-state index contributed by atoms with van der Waals surface area (Å²) in [7, 11) is 3.93. The van der Waals surface area contributed by atoms with Gasteiger partial charge in [0.1, 0.15) is 0 Å². The Hall–Kier alpha value is -1.36. The van der Waals surface area contributed by atoms with Gasteiger partial charge in [-0.3, -0.25) is 4.79 Å². The lowest BCUT2D eigenvalue weighted by Gasteiger charge is -2.15. The molecule has 15 heavy (non-hydrogen) atoms. The van der Waals surface area contributed by atoms with Crippen LogP contribution in [0.15, 0.2) is 12.5 Å². The minimum Gasteiger partial charge on any atom is -0.481 e. The Balaban J connectivity index is 2.27. The van der Waals surface area contributed by atoms with Gasteiger partial charge in [0.2, 0.25) is 0 Å². The van der Waals surface area contributed by atoms with E-state index in [4.69, 9.17) is 5.11 Å². The molecule has 0 atom stereocenters. The number of hydrogen-bond acceptors (Lipinski definition) is 3. The van der Waals surface area contributed by atoms with Crippen LogP contribution in [-0.4, -0.2) is 39.1 Å². The van der Waals surface area contributed by atoms with Crippen molar-refractivity contribution in [3.63, 3.8) is 0 Å². The van der Waals surface area contributed by atoms with Gasteiger partial charge in [-0.25, -0.2) is 4.98 Å². The Morgan fingerprint density at radius 3 is 2.93 bits per heavy atom. The minimum absolute atomic E-state index is 0.232. The van der Waals surface area contributed by atoms with Crippen LogP contribution in [0.5, 0.6) is 0 Å². The molecule has 0 aromatic carbocycles. The van der Waals surface area contributed by atoms with E-state index in [0.29, 0.717) is 6.42 Å². The highest BCUT2D eigenvalue weighted by Gasteiger charge is 2.04. The number of imidazole rings is 1. The Morgan fingerprint density at radius 1 is 1.67 bits per heavy atom. The quantitative estimate of drug-likeness (QED) is 0.753. The number of aryl methyl sites for hydroxylation is 1. The van der Waals surface area contributed by atoms with E-state index in [2.05, 4.69) is 9.88 Å². The normalized spacial score (nSPS) is 10.9. The number of aromatic nitrogens is 2. The van der Waals surface area contributed by atoms with Crippen molar-refractivity contribution in [2.24, 2.45) is 7.05 Å². The summed E-state index contributed by atoms with van der Waals surface area (Å²) < 4.78 is 1.97. The third-order valence-electron chi connectivity index (χ3n) is 2.28. The van der Waals surface area contributed by atoms with Crippen LogP contribution in [-0.2, 0) is 18.4 Å². The number of carboxylic acids is 1. The lowest BCUT2D eigenvalue weighted by molar-refractivity contribution is -0.137. The molecule has 84 valence electrons. The predicted molar refractivity (Wildman–Crippen MR) is 56.4 cm³/mol. The highest BCUT2D eigenvalue weighted by atomic mass is 16.4. The van der Waals surface area contributed by atoms with Crippen LogP contribution in [0.2, 0.25) is 0 Å². The first-order chi connectivity index (χ1) is 7.09. The zero-order valence-corrected chi connectivity index (χ0v) is 9.18. The summed E-state index contributed by atoms with van der Waals surface area (Å²) in [6, 6.07) is 0. The molecule has 0 bridgehead atoms. The van der Waals surface area contributed by atoms with Crippen LogP contribution in [0.25, 0.3) is 0 Å². The van der Waals surface area contributed by atoms with E-state index >= 15 is 0 Å². The number of rotatable bonds is 6. The summed E-state index contributed by atoms with van der Waals surface area (Å²) in [5, 5.41) is 8.49. The average Bonchev–Trinajstić information content (AvgIpc) is 2.51. The molecular formula is C10H17N3O2. The maximum Gasteiger partial charge on any atom is 0.303 e. The average molecular weight is 211 g/mol. The first kappa shape index (κ1) is 11.7. The van der Waals surface area contributed by atoms with Crippen LogP contribution in [0.3, 0.4) is 0 Å². The largest absolute Gasteiger partial charge is 0.481 e. The topological polar surface area (TPSA) is 58.4 Å². The molecule has 1 aromatic rings. The van der Waals surface area contributed by atoms with Crippen LogP contribution in [0, 0.1) is 0 Å². The standard InChI is InChI=1S/C10H17N3O2/c1-12(5-3-4-10(14)15)7-9-6-11-8-13(9)2/h6,8H,3-5,7H2,1-2H3,(H,14,15). The van der Waals surface area contributed by atoms with Crippen molar-refractivity contribution >= 4 is 5.97 Å². The molecule has 1 aromatic heterocycles. The zero-order chi connectivity index (χ0) is 11.3.